The van der Waals surface area contributed by atoms with Crippen LogP contribution in [0.3, 0.4) is 0 Å². The average molecular weight is 241 g/mol. The second kappa shape index (κ2) is 8.06. The van der Waals surface area contributed by atoms with E-state index in [0.717, 1.165) is 19.3 Å². The Bertz CT molecular complexity index is 250. The van der Waals surface area contributed by atoms with Gasteiger partial charge in [0, 0.05) is 12.6 Å². The van der Waals surface area contributed by atoms with Crippen LogP contribution in [0, 0.1) is 0 Å². The second-order valence-electron chi connectivity index (χ2n) is 4.50. The molecule has 2 amide bonds. The van der Waals surface area contributed by atoms with Crippen LogP contribution in [0.1, 0.15) is 39.0 Å². The highest BCUT2D eigenvalue weighted by molar-refractivity contribution is 5.81. The monoisotopic (exact) mass is 241 g/mol. The summed E-state index contributed by atoms with van der Waals surface area (Å²) in [5, 5.41) is 8.55. The van der Waals surface area contributed by atoms with E-state index in [4.69, 9.17) is 0 Å². The minimum atomic E-state index is -0.0551. The summed E-state index contributed by atoms with van der Waals surface area (Å²) >= 11 is 0. The molecule has 1 fully saturated rings. The third-order valence-electron chi connectivity index (χ3n) is 2.86. The molecule has 98 valence electrons. The van der Waals surface area contributed by atoms with Crippen molar-refractivity contribution in [1.82, 2.24) is 16.0 Å². The molecular weight excluding hydrogens is 218 g/mol. The molecule has 0 bridgehead atoms. The molecule has 0 unspecified atom stereocenters. The van der Waals surface area contributed by atoms with Crippen molar-refractivity contribution in [3.05, 3.63) is 0 Å². The summed E-state index contributed by atoms with van der Waals surface area (Å²) in [6.45, 7) is 3.12. The van der Waals surface area contributed by atoms with Crippen molar-refractivity contribution < 1.29 is 9.59 Å². The number of nitrogens with one attached hydrogen (secondary N) is 3. The lowest BCUT2D eigenvalue weighted by Crippen LogP contribution is -2.42. The maximum Gasteiger partial charge on any atom is 0.234 e. The Morgan fingerprint density at radius 3 is 2.41 bits per heavy atom. The Hall–Kier alpha value is -1.10. The zero-order chi connectivity index (χ0) is 12.5. The highest BCUT2D eigenvalue weighted by Gasteiger charge is 2.16. The Balaban J connectivity index is 2.01. The predicted molar refractivity (Wildman–Crippen MR) is 66.6 cm³/mol. The van der Waals surface area contributed by atoms with E-state index in [1.807, 2.05) is 6.92 Å². The smallest absolute Gasteiger partial charge is 0.234 e. The number of carbonyl (C=O) groups excluding carboxylic acids is 2. The van der Waals surface area contributed by atoms with Crippen LogP contribution < -0.4 is 16.0 Å². The van der Waals surface area contributed by atoms with E-state index in [0.29, 0.717) is 12.6 Å². The van der Waals surface area contributed by atoms with Crippen molar-refractivity contribution in [2.24, 2.45) is 0 Å². The first-order valence-electron chi connectivity index (χ1n) is 6.49. The van der Waals surface area contributed by atoms with Gasteiger partial charge in [-0.3, -0.25) is 14.9 Å². The summed E-state index contributed by atoms with van der Waals surface area (Å²) in [7, 11) is 0. The molecule has 1 aliphatic rings. The van der Waals surface area contributed by atoms with Crippen LogP contribution in [0.4, 0.5) is 0 Å². The van der Waals surface area contributed by atoms with Crippen LogP contribution in [0.2, 0.25) is 0 Å². The number of rotatable bonds is 7. The van der Waals surface area contributed by atoms with Crippen molar-refractivity contribution in [1.29, 1.82) is 0 Å². The number of amides is 2. The topological polar surface area (TPSA) is 70.2 Å². The molecule has 0 saturated heterocycles. The van der Waals surface area contributed by atoms with Gasteiger partial charge >= 0.3 is 0 Å². The van der Waals surface area contributed by atoms with E-state index in [-0.39, 0.29) is 24.9 Å². The van der Waals surface area contributed by atoms with Crippen LogP contribution >= 0.6 is 0 Å². The van der Waals surface area contributed by atoms with Crippen molar-refractivity contribution in [2.75, 3.05) is 19.6 Å². The highest BCUT2D eigenvalue weighted by Crippen LogP contribution is 2.17. The Morgan fingerprint density at radius 2 is 1.76 bits per heavy atom. The number of hydrogen-bond acceptors (Lipinski definition) is 3. The summed E-state index contributed by atoms with van der Waals surface area (Å²) in [4.78, 5) is 22.7. The van der Waals surface area contributed by atoms with E-state index < -0.39 is 0 Å². The molecule has 0 aliphatic heterocycles. The molecule has 0 heterocycles. The fraction of sp³-hybridized carbons (Fsp3) is 0.833. The SMILES string of the molecule is CCCNC(=O)CNCC(=O)NC1CCCC1. The molecule has 0 atom stereocenters. The van der Waals surface area contributed by atoms with Gasteiger partial charge in [-0.15, -0.1) is 0 Å². The van der Waals surface area contributed by atoms with Crippen molar-refractivity contribution in [2.45, 2.75) is 45.1 Å². The van der Waals surface area contributed by atoms with Crippen molar-refractivity contribution in [3.8, 4) is 0 Å². The first-order valence-corrected chi connectivity index (χ1v) is 6.49. The third-order valence-corrected chi connectivity index (χ3v) is 2.86. The molecule has 5 nitrogen and oxygen atoms in total. The molecule has 0 radical (unpaired) electrons. The minimum Gasteiger partial charge on any atom is -0.355 e. The highest BCUT2D eigenvalue weighted by atomic mass is 16.2. The standard InChI is InChI=1S/C12H23N3O2/c1-2-7-14-11(16)8-13-9-12(17)15-10-5-3-4-6-10/h10,13H,2-9H2,1H3,(H,14,16)(H,15,17). The largest absolute Gasteiger partial charge is 0.355 e. The zero-order valence-electron chi connectivity index (χ0n) is 10.6. The number of hydrogen-bond donors (Lipinski definition) is 3. The molecule has 0 aromatic heterocycles. The third kappa shape index (κ3) is 6.26. The number of carbonyl (C=O) groups is 2. The van der Waals surface area contributed by atoms with Crippen LogP contribution in [0.15, 0.2) is 0 Å². The van der Waals surface area contributed by atoms with Gasteiger partial charge in [0.2, 0.25) is 11.8 Å². The normalized spacial score (nSPS) is 15.8. The fourth-order valence-electron chi connectivity index (χ4n) is 1.97. The van der Waals surface area contributed by atoms with Gasteiger partial charge < -0.3 is 10.6 Å². The average Bonchev–Trinajstić information content (AvgIpc) is 2.79. The molecule has 0 aromatic carbocycles. The summed E-state index contributed by atoms with van der Waals surface area (Å²) < 4.78 is 0. The Kier molecular flexibility index (Phi) is 6.62. The fourth-order valence-corrected chi connectivity index (χ4v) is 1.97. The molecule has 0 spiro atoms. The van der Waals surface area contributed by atoms with Gasteiger partial charge in [-0.1, -0.05) is 19.8 Å². The molecule has 5 heteroatoms. The maximum absolute atomic E-state index is 11.5. The van der Waals surface area contributed by atoms with Gasteiger partial charge in [0.1, 0.15) is 0 Å². The lowest BCUT2D eigenvalue weighted by atomic mass is 10.2. The maximum atomic E-state index is 11.5. The second-order valence-corrected chi connectivity index (χ2v) is 4.50. The van der Waals surface area contributed by atoms with Crippen LogP contribution in [-0.2, 0) is 9.59 Å². The van der Waals surface area contributed by atoms with Crippen molar-refractivity contribution in [3.63, 3.8) is 0 Å². The van der Waals surface area contributed by atoms with Gasteiger partial charge in [-0.05, 0) is 19.3 Å². The molecule has 3 N–H and O–H groups in total. The van der Waals surface area contributed by atoms with E-state index in [9.17, 15) is 9.59 Å². The van der Waals surface area contributed by atoms with Crippen LogP contribution in [0.5, 0.6) is 0 Å². The van der Waals surface area contributed by atoms with E-state index >= 15 is 0 Å². The van der Waals surface area contributed by atoms with Gasteiger partial charge in [-0.2, -0.15) is 0 Å². The molecule has 1 aliphatic carbocycles. The molecule has 1 rings (SSSR count). The summed E-state index contributed by atoms with van der Waals surface area (Å²) in [5.74, 6) is -0.0688. The molecule has 1 saturated carbocycles. The zero-order valence-corrected chi connectivity index (χ0v) is 10.6. The summed E-state index contributed by atoms with van der Waals surface area (Å²) in [6, 6.07) is 0.346. The minimum absolute atomic E-state index is 0.0137. The quantitative estimate of drug-likeness (QED) is 0.594. The van der Waals surface area contributed by atoms with Crippen LogP contribution in [0.25, 0.3) is 0 Å². The first-order chi connectivity index (χ1) is 8.22. The van der Waals surface area contributed by atoms with Gasteiger partial charge in [-0.25, -0.2) is 0 Å². The lowest BCUT2D eigenvalue weighted by molar-refractivity contribution is -0.121. The first kappa shape index (κ1) is 14.0. The molecule has 17 heavy (non-hydrogen) atoms. The van der Waals surface area contributed by atoms with Gasteiger partial charge in [0.05, 0.1) is 13.1 Å². The van der Waals surface area contributed by atoms with Gasteiger partial charge in [0.15, 0.2) is 0 Å². The lowest BCUT2D eigenvalue weighted by Gasteiger charge is -2.12. The van der Waals surface area contributed by atoms with Crippen LogP contribution in [-0.4, -0.2) is 37.5 Å². The van der Waals surface area contributed by atoms with E-state index in [1.165, 1.54) is 12.8 Å². The van der Waals surface area contributed by atoms with E-state index in [1.54, 1.807) is 0 Å². The summed E-state index contributed by atoms with van der Waals surface area (Å²) in [6.07, 6.45) is 5.51. The molecular formula is C12H23N3O2. The summed E-state index contributed by atoms with van der Waals surface area (Å²) in [5.41, 5.74) is 0. The van der Waals surface area contributed by atoms with Gasteiger partial charge in [0.25, 0.3) is 0 Å². The predicted octanol–water partition coefficient (Wildman–Crippen LogP) is 0.161. The van der Waals surface area contributed by atoms with Crippen molar-refractivity contribution >= 4 is 11.8 Å². The Labute approximate surface area is 103 Å². The van der Waals surface area contributed by atoms with E-state index in [2.05, 4.69) is 16.0 Å². The molecule has 0 aromatic rings. The Morgan fingerprint density at radius 1 is 1.12 bits per heavy atom.